The highest BCUT2D eigenvalue weighted by molar-refractivity contribution is 9.10. The molecule has 2 heteroatoms. The number of Topliss-reactive ketones (excluding diaryl/α,β-unsaturated/α-hetero) is 1. The predicted molar refractivity (Wildman–Crippen MR) is 72.1 cm³/mol. The molecule has 0 spiro atoms. The van der Waals surface area contributed by atoms with Crippen LogP contribution in [-0.2, 0) is 0 Å². The first-order valence-corrected chi connectivity index (χ1v) is 6.68. The number of rotatable bonds is 5. The first-order chi connectivity index (χ1) is 7.56. The number of halogens is 1. The van der Waals surface area contributed by atoms with Gasteiger partial charge in [0.05, 0.1) is 0 Å². The molecule has 0 heterocycles. The lowest BCUT2D eigenvalue weighted by molar-refractivity contribution is 0.0979. The fourth-order valence-electron chi connectivity index (χ4n) is 1.59. The van der Waals surface area contributed by atoms with Crippen LogP contribution in [0.3, 0.4) is 0 Å². The van der Waals surface area contributed by atoms with Crippen molar-refractivity contribution in [2.45, 2.75) is 46.0 Å². The lowest BCUT2D eigenvalue weighted by Gasteiger charge is -2.09. The maximum Gasteiger partial charge on any atom is 0.164 e. The van der Waals surface area contributed by atoms with Crippen molar-refractivity contribution in [1.82, 2.24) is 0 Å². The van der Waals surface area contributed by atoms with Crippen LogP contribution >= 0.6 is 15.9 Å². The van der Waals surface area contributed by atoms with Crippen LogP contribution in [0, 0.1) is 0 Å². The zero-order valence-electron chi connectivity index (χ0n) is 10.2. The lowest BCUT2D eigenvalue weighted by atomic mass is 9.98. The molecular weight excluding hydrogens is 264 g/mol. The molecule has 1 aromatic rings. The van der Waals surface area contributed by atoms with E-state index < -0.39 is 0 Å². The van der Waals surface area contributed by atoms with Crippen LogP contribution in [0.15, 0.2) is 22.7 Å². The summed E-state index contributed by atoms with van der Waals surface area (Å²) in [5, 5.41) is 0. The summed E-state index contributed by atoms with van der Waals surface area (Å²) in [6, 6.07) is 6.08. The maximum absolute atomic E-state index is 12.0. The fourth-order valence-corrected chi connectivity index (χ4v) is 2.06. The molecule has 0 radical (unpaired) electrons. The van der Waals surface area contributed by atoms with Crippen LogP contribution in [-0.4, -0.2) is 5.78 Å². The van der Waals surface area contributed by atoms with Gasteiger partial charge in [-0.2, -0.15) is 0 Å². The zero-order valence-corrected chi connectivity index (χ0v) is 11.8. The van der Waals surface area contributed by atoms with E-state index in [0.29, 0.717) is 12.3 Å². The fraction of sp³-hybridized carbons (Fsp3) is 0.500. The topological polar surface area (TPSA) is 17.1 Å². The Bertz CT molecular complexity index is 369. The molecule has 0 fully saturated rings. The SMILES string of the molecule is CCCCC(=O)c1cc(C(C)C)ccc1Br. The van der Waals surface area contributed by atoms with Gasteiger partial charge in [0, 0.05) is 16.5 Å². The van der Waals surface area contributed by atoms with Crippen molar-refractivity contribution < 1.29 is 4.79 Å². The third-order valence-electron chi connectivity index (χ3n) is 2.71. The second kappa shape index (κ2) is 6.19. The van der Waals surface area contributed by atoms with Gasteiger partial charge < -0.3 is 0 Å². The minimum atomic E-state index is 0.247. The van der Waals surface area contributed by atoms with Crippen molar-refractivity contribution in [3.63, 3.8) is 0 Å². The quantitative estimate of drug-likeness (QED) is 0.699. The van der Waals surface area contributed by atoms with Crippen molar-refractivity contribution in [1.29, 1.82) is 0 Å². The number of hydrogen-bond acceptors (Lipinski definition) is 1. The van der Waals surface area contributed by atoms with Crippen molar-refractivity contribution >= 4 is 21.7 Å². The summed E-state index contributed by atoms with van der Waals surface area (Å²) in [5.41, 5.74) is 2.06. The molecule has 0 N–H and O–H groups in total. The molecular formula is C14H19BrO. The van der Waals surface area contributed by atoms with Gasteiger partial charge in [-0.3, -0.25) is 4.79 Å². The average Bonchev–Trinajstić information content (AvgIpc) is 2.26. The van der Waals surface area contributed by atoms with Crippen molar-refractivity contribution in [3.05, 3.63) is 33.8 Å². The Labute approximate surface area is 106 Å². The molecule has 0 atom stereocenters. The van der Waals surface area contributed by atoms with E-state index in [9.17, 15) is 4.79 Å². The minimum absolute atomic E-state index is 0.247. The summed E-state index contributed by atoms with van der Waals surface area (Å²) in [4.78, 5) is 12.0. The smallest absolute Gasteiger partial charge is 0.164 e. The third-order valence-corrected chi connectivity index (χ3v) is 3.41. The molecule has 0 bridgehead atoms. The number of benzene rings is 1. The highest BCUT2D eigenvalue weighted by atomic mass is 79.9. The Morgan fingerprint density at radius 2 is 2.06 bits per heavy atom. The minimum Gasteiger partial charge on any atom is -0.294 e. The normalized spacial score (nSPS) is 10.8. The number of carbonyl (C=O) groups is 1. The predicted octanol–water partition coefficient (Wildman–Crippen LogP) is 4.95. The number of unbranched alkanes of at least 4 members (excludes halogenated alkanes) is 1. The molecule has 0 saturated carbocycles. The van der Waals surface area contributed by atoms with Crippen LogP contribution < -0.4 is 0 Å². The first-order valence-electron chi connectivity index (χ1n) is 5.89. The van der Waals surface area contributed by atoms with E-state index in [4.69, 9.17) is 0 Å². The van der Waals surface area contributed by atoms with E-state index in [1.807, 2.05) is 12.1 Å². The van der Waals surface area contributed by atoms with E-state index >= 15 is 0 Å². The molecule has 0 amide bonds. The Balaban J connectivity index is 2.93. The number of hydrogen-bond donors (Lipinski definition) is 0. The van der Waals surface area contributed by atoms with Crippen molar-refractivity contribution in [2.24, 2.45) is 0 Å². The van der Waals surface area contributed by atoms with Gasteiger partial charge in [0.15, 0.2) is 5.78 Å². The zero-order chi connectivity index (χ0) is 12.1. The second-order valence-corrected chi connectivity index (χ2v) is 5.28. The first kappa shape index (κ1) is 13.4. The Morgan fingerprint density at radius 1 is 1.38 bits per heavy atom. The molecule has 1 nitrogen and oxygen atoms in total. The summed E-state index contributed by atoms with van der Waals surface area (Å²) in [7, 11) is 0. The molecule has 0 aliphatic heterocycles. The van der Waals surface area contributed by atoms with E-state index in [-0.39, 0.29) is 5.78 Å². The summed E-state index contributed by atoms with van der Waals surface area (Å²) in [6.07, 6.45) is 2.68. The molecule has 1 aromatic carbocycles. The maximum atomic E-state index is 12.0. The highest BCUT2D eigenvalue weighted by Gasteiger charge is 2.11. The van der Waals surface area contributed by atoms with Gasteiger partial charge in [-0.1, -0.05) is 49.2 Å². The lowest BCUT2D eigenvalue weighted by Crippen LogP contribution is -2.01. The third kappa shape index (κ3) is 3.44. The van der Waals surface area contributed by atoms with Crippen LogP contribution in [0.25, 0.3) is 0 Å². The molecule has 0 aliphatic carbocycles. The Hall–Kier alpha value is -0.630. The molecule has 1 rings (SSSR count). The van der Waals surface area contributed by atoms with Gasteiger partial charge in [-0.05, 0) is 30.0 Å². The number of ketones is 1. The standard InChI is InChI=1S/C14H19BrO/c1-4-5-6-14(16)12-9-11(10(2)3)7-8-13(12)15/h7-10H,4-6H2,1-3H3. The average molecular weight is 283 g/mol. The van der Waals surface area contributed by atoms with E-state index in [1.165, 1.54) is 5.56 Å². The number of carbonyl (C=O) groups excluding carboxylic acids is 1. The molecule has 16 heavy (non-hydrogen) atoms. The molecule has 0 saturated heterocycles. The monoisotopic (exact) mass is 282 g/mol. The van der Waals surface area contributed by atoms with Gasteiger partial charge >= 0.3 is 0 Å². The molecule has 0 unspecified atom stereocenters. The van der Waals surface area contributed by atoms with Crippen molar-refractivity contribution in [2.75, 3.05) is 0 Å². The highest BCUT2D eigenvalue weighted by Crippen LogP contribution is 2.24. The van der Waals surface area contributed by atoms with E-state index in [2.05, 4.69) is 42.8 Å². The molecule has 88 valence electrons. The van der Waals surface area contributed by atoms with Gasteiger partial charge in [-0.15, -0.1) is 0 Å². The van der Waals surface area contributed by atoms with Gasteiger partial charge in [-0.25, -0.2) is 0 Å². The largest absolute Gasteiger partial charge is 0.294 e. The summed E-state index contributed by atoms with van der Waals surface area (Å²) in [6.45, 7) is 6.39. The van der Waals surface area contributed by atoms with E-state index in [1.54, 1.807) is 0 Å². The van der Waals surface area contributed by atoms with Crippen LogP contribution in [0.1, 0.15) is 61.9 Å². The molecule has 0 aromatic heterocycles. The summed E-state index contributed by atoms with van der Waals surface area (Å²) < 4.78 is 0.915. The second-order valence-electron chi connectivity index (χ2n) is 4.42. The van der Waals surface area contributed by atoms with Gasteiger partial charge in [0.2, 0.25) is 0 Å². The molecule has 0 aliphatic rings. The van der Waals surface area contributed by atoms with Gasteiger partial charge in [0.25, 0.3) is 0 Å². The van der Waals surface area contributed by atoms with Crippen LogP contribution in [0.5, 0.6) is 0 Å². The van der Waals surface area contributed by atoms with Crippen molar-refractivity contribution in [3.8, 4) is 0 Å². The van der Waals surface area contributed by atoms with Crippen LogP contribution in [0.2, 0.25) is 0 Å². The Morgan fingerprint density at radius 3 is 2.62 bits per heavy atom. The van der Waals surface area contributed by atoms with E-state index in [0.717, 1.165) is 22.9 Å². The van der Waals surface area contributed by atoms with Crippen LogP contribution in [0.4, 0.5) is 0 Å². The summed E-state index contributed by atoms with van der Waals surface area (Å²) >= 11 is 3.45. The van der Waals surface area contributed by atoms with Gasteiger partial charge in [0.1, 0.15) is 0 Å². The summed E-state index contributed by atoms with van der Waals surface area (Å²) in [5.74, 6) is 0.710. The Kier molecular flexibility index (Phi) is 5.20.